The summed E-state index contributed by atoms with van der Waals surface area (Å²) in [5, 5.41) is 0. The van der Waals surface area contributed by atoms with Crippen LogP contribution in [-0.4, -0.2) is 30.3 Å². The smallest absolute Gasteiger partial charge is 0.165 e. The highest BCUT2D eigenvalue weighted by Gasteiger charge is 2.17. The Morgan fingerprint density at radius 3 is 2.67 bits per heavy atom. The Balaban J connectivity index is 1.84. The predicted molar refractivity (Wildman–Crippen MR) is 77.9 cm³/mol. The largest absolute Gasteiger partial charge is 0.303 e. The van der Waals surface area contributed by atoms with Crippen LogP contribution in [0.15, 0.2) is 28.7 Å². The first-order valence-electron chi connectivity index (χ1n) is 6.67. The zero-order valence-corrected chi connectivity index (χ0v) is 12.4. The third-order valence-corrected chi connectivity index (χ3v) is 4.40. The van der Waals surface area contributed by atoms with Gasteiger partial charge in [0.2, 0.25) is 0 Å². The van der Waals surface area contributed by atoms with Gasteiger partial charge in [-0.25, -0.2) is 0 Å². The van der Waals surface area contributed by atoms with Crippen molar-refractivity contribution in [3.8, 4) is 0 Å². The highest BCUT2D eigenvalue weighted by atomic mass is 79.9. The first-order chi connectivity index (χ1) is 8.66. The Kier molecular flexibility index (Phi) is 4.95. The summed E-state index contributed by atoms with van der Waals surface area (Å²) in [5.41, 5.74) is 0.808. The minimum absolute atomic E-state index is 0.237. The Morgan fingerprint density at radius 1 is 1.33 bits per heavy atom. The quantitative estimate of drug-likeness (QED) is 0.789. The van der Waals surface area contributed by atoms with E-state index in [9.17, 15) is 4.79 Å². The van der Waals surface area contributed by atoms with E-state index in [1.165, 1.54) is 12.8 Å². The van der Waals surface area contributed by atoms with Crippen molar-refractivity contribution in [2.75, 3.05) is 19.6 Å². The van der Waals surface area contributed by atoms with Gasteiger partial charge < -0.3 is 4.90 Å². The van der Waals surface area contributed by atoms with Gasteiger partial charge in [-0.1, -0.05) is 41.1 Å². The fourth-order valence-corrected chi connectivity index (χ4v) is 2.87. The van der Waals surface area contributed by atoms with Crippen molar-refractivity contribution >= 4 is 21.7 Å². The van der Waals surface area contributed by atoms with Crippen LogP contribution in [0.5, 0.6) is 0 Å². The lowest BCUT2D eigenvalue weighted by atomic mass is 9.99. The second kappa shape index (κ2) is 6.48. The number of nitrogens with zero attached hydrogens (tertiary/aromatic N) is 1. The van der Waals surface area contributed by atoms with Gasteiger partial charge in [0.05, 0.1) is 0 Å². The van der Waals surface area contributed by atoms with Gasteiger partial charge in [0.1, 0.15) is 0 Å². The number of Topliss-reactive ketones (excluding diaryl/α,β-unsaturated/α-hetero) is 1. The normalized spacial score (nSPS) is 17.9. The first kappa shape index (κ1) is 13.8. The van der Waals surface area contributed by atoms with E-state index in [1.54, 1.807) is 0 Å². The molecule has 0 atom stereocenters. The molecule has 1 aliphatic rings. The maximum Gasteiger partial charge on any atom is 0.165 e. The summed E-state index contributed by atoms with van der Waals surface area (Å²) in [7, 11) is 0. The fourth-order valence-electron chi connectivity index (χ4n) is 2.37. The molecule has 0 spiro atoms. The topological polar surface area (TPSA) is 20.3 Å². The molecule has 0 aromatic heterocycles. The number of hydrogen-bond donors (Lipinski definition) is 0. The number of halogens is 1. The number of likely N-dealkylation sites (tertiary alicyclic amines) is 1. The van der Waals surface area contributed by atoms with Crippen LogP contribution in [0.25, 0.3) is 0 Å². The van der Waals surface area contributed by atoms with Gasteiger partial charge in [-0.3, -0.25) is 4.79 Å². The highest BCUT2D eigenvalue weighted by Crippen LogP contribution is 2.19. The van der Waals surface area contributed by atoms with Crippen LogP contribution in [0.2, 0.25) is 0 Å². The molecule has 2 nitrogen and oxygen atoms in total. The Morgan fingerprint density at radius 2 is 2.00 bits per heavy atom. The van der Waals surface area contributed by atoms with E-state index in [4.69, 9.17) is 0 Å². The standard InChI is InChI=1S/C15H20BrNO/c1-12-6-9-17(10-7-12)11-8-15(18)13-4-2-3-5-14(13)16/h2-5,12H,6-11H2,1H3. The minimum atomic E-state index is 0.237. The monoisotopic (exact) mass is 309 g/mol. The molecule has 18 heavy (non-hydrogen) atoms. The average Bonchev–Trinajstić information content (AvgIpc) is 2.38. The van der Waals surface area contributed by atoms with Crippen LogP contribution >= 0.6 is 15.9 Å². The lowest BCUT2D eigenvalue weighted by Gasteiger charge is -2.29. The molecule has 2 rings (SSSR count). The molecule has 1 aromatic carbocycles. The van der Waals surface area contributed by atoms with Crippen LogP contribution < -0.4 is 0 Å². The molecule has 0 aliphatic carbocycles. The molecule has 1 aromatic rings. The second-order valence-electron chi connectivity index (χ2n) is 5.18. The van der Waals surface area contributed by atoms with Crippen molar-refractivity contribution < 1.29 is 4.79 Å². The number of rotatable bonds is 4. The van der Waals surface area contributed by atoms with Gasteiger partial charge in [0, 0.05) is 23.0 Å². The summed E-state index contributed by atoms with van der Waals surface area (Å²) in [6.45, 7) is 5.49. The van der Waals surface area contributed by atoms with Crippen LogP contribution in [0.4, 0.5) is 0 Å². The molecule has 1 aliphatic heterocycles. The third-order valence-electron chi connectivity index (χ3n) is 3.71. The summed E-state index contributed by atoms with van der Waals surface area (Å²) < 4.78 is 0.905. The SMILES string of the molecule is CC1CCN(CCC(=O)c2ccccc2Br)CC1. The molecule has 3 heteroatoms. The highest BCUT2D eigenvalue weighted by molar-refractivity contribution is 9.10. The summed E-state index contributed by atoms with van der Waals surface area (Å²) in [6, 6.07) is 7.67. The molecule has 0 unspecified atom stereocenters. The van der Waals surface area contributed by atoms with E-state index in [1.807, 2.05) is 24.3 Å². The summed E-state index contributed by atoms with van der Waals surface area (Å²) in [6.07, 6.45) is 3.16. The van der Waals surface area contributed by atoms with Crippen LogP contribution in [0, 0.1) is 5.92 Å². The average molecular weight is 310 g/mol. The lowest BCUT2D eigenvalue weighted by Crippen LogP contribution is -2.34. The number of carbonyl (C=O) groups excluding carboxylic acids is 1. The van der Waals surface area contributed by atoms with Crippen LogP contribution in [0.3, 0.4) is 0 Å². The van der Waals surface area contributed by atoms with Gasteiger partial charge >= 0.3 is 0 Å². The molecule has 0 radical (unpaired) electrons. The Bertz CT molecular complexity index is 411. The van der Waals surface area contributed by atoms with E-state index in [-0.39, 0.29) is 5.78 Å². The molecule has 0 N–H and O–H groups in total. The van der Waals surface area contributed by atoms with Crippen LogP contribution in [0.1, 0.15) is 36.5 Å². The van der Waals surface area contributed by atoms with Crippen molar-refractivity contribution in [2.45, 2.75) is 26.2 Å². The van der Waals surface area contributed by atoms with E-state index >= 15 is 0 Å². The van der Waals surface area contributed by atoms with Crippen molar-refractivity contribution in [1.82, 2.24) is 4.90 Å². The molecule has 0 amide bonds. The van der Waals surface area contributed by atoms with Crippen molar-refractivity contribution in [3.05, 3.63) is 34.3 Å². The van der Waals surface area contributed by atoms with Crippen molar-refractivity contribution in [1.29, 1.82) is 0 Å². The van der Waals surface area contributed by atoms with Gasteiger partial charge in [-0.2, -0.15) is 0 Å². The molecule has 1 saturated heterocycles. The third kappa shape index (κ3) is 3.66. The number of carbonyl (C=O) groups is 1. The van der Waals surface area contributed by atoms with E-state index in [0.717, 1.165) is 35.6 Å². The van der Waals surface area contributed by atoms with Crippen molar-refractivity contribution in [2.24, 2.45) is 5.92 Å². The molecule has 98 valence electrons. The minimum Gasteiger partial charge on any atom is -0.303 e. The van der Waals surface area contributed by atoms with Gasteiger partial charge in [0.25, 0.3) is 0 Å². The van der Waals surface area contributed by atoms with Crippen molar-refractivity contribution in [3.63, 3.8) is 0 Å². The Hall–Kier alpha value is -0.670. The molecule has 1 fully saturated rings. The summed E-state index contributed by atoms with van der Waals surface area (Å²) in [5.74, 6) is 1.08. The van der Waals surface area contributed by atoms with Gasteiger partial charge in [-0.15, -0.1) is 0 Å². The number of ketones is 1. The predicted octanol–water partition coefficient (Wildman–Crippen LogP) is 3.75. The lowest BCUT2D eigenvalue weighted by molar-refractivity contribution is 0.0952. The molecular formula is C15H20BrNO. The molecular weight excluding hydrogens is 290 g/mol. The first-order valence-corrected chi connectivity index (χ1v) is 7.46. The van der Waals surface area contributed by atoms with Crippen LogP contribution in [-0.2, 0) is 0 Å². The Labute approximate surface area is 117 Å². The summed E-state index contributed by atoms with van der Waals surface area (Å²) >= 11 is 3.44. The molecule has 1 heterocycles. The zero-order chi connectivity index (χ0) is 13.0. The number of benzene rings is 1. The van der Waals surface area contributed by atoms with E-state index in [2.05, 4.69) is 27.8 Å². The zero-order valence-electron chi connectivity index (χ0n) is 10.9. The molecule has 0 saturated carbocycles. The van der Waals surface area contributed by atoms with Gasteiger partial charge in [0.15, 0.2) is 5.78 Å². The number of hydrogen-bond acceptors (Lipinski definition) is 2. The molecule has 0 bridgehead atoms. The number of piperidine rings is 1. The maximum absolute atomic E-state index is 12.1. The summed E-state index contributed by atoms with van der Waals surface area (Å²) in [4.78, 5) is 14.5. The maximum atomic E-state index is 12.1. The fraction of sp³-hybridized carbons (Fsp3) is 0.533. The van der Waals surface area contributed by atoms with E-state index in [0.29, 0.717) is 6.42 Å². The van der Waals surface area contributed by atoms with Gasteiger partial charge in [-0.05, 0) is 37.9 Å². The van der Waals surface area contributed by atoms with E-state index < -0.39 is 0 Å². The second-order valence-corrected chi connectivity index (χ2v) is 6.03.